The van der Waals surface area contributed by atoms with E-state index in [2.05, 4.69) is 16.9 Å². The molecule has 1 rings (SSSR count). The van der Waals surface area contributed by atoms with Crippen LogP contribution in [0.3, 0.4) is 0 Å². The maximum atomic E-state index is 11.2. The lowest BCUT2D eigenvalue weighted by Crippen LogP contribution is -2.07. The summed E-state index contributed by atoms with van der Waals surface area (Å²) in [5, 5.41) is 2.89. The Balaban J connectivity index is 3.01. The molecule has 1 aromatic carbocycles. The molecule has 0 aromatic heterocycles. The molecule has 0 unspecified atom stereocenters. The highest BCUT2D eigenvalue weighted by Crippen LogP contribution is 2.09. The summed E-state index contributed by atoms with van der Waals surface area (Å²) in [4.78, 5) is 15.6. The smallest absolute Gasteiger partial charge is 0.159 e. The molecule has 0 saturated carbocycles. The van der Waals surface area contributed by atoms with Gasteiger partial charge in [0.15, 0.2) is 5.78 Å². The van der Waals surface area contributed by atoms with Crippen molar-refractivity contribution in [1.82, 2.24) is 5.32 Å². The number of nitrogens with one attached hydrogen (secondary N) is 1. The molecule has 1 aromatic rings. The van der Waals surface area contributed by atoms with E-state index in [1.54, 1.807) is 14.0 Å². The van der Waals surface area contributed by atoms with Crippen LogP contribution >= 0.6 is 0 Å². The summed E-state index contributed by atoms with van der Waals surface area (Å²) in [6.07, 6.45) is 0.820. The second-order valence-electron chi connectivity index (χ2n) is 3.74. The maximum Gasteiger partial charge on any atom is 0.159 e. The van der Waals surface area contributed by atoms with Crippen LogP contribution in [0.1, 0.15) is 36.2 Å². The molecule has 90 valence electrons. The van der Waals surface area contributed by atoms with Gasteiger partial charge in [-0.1, -0.05) is 37.8 Å². The van der Waals surface area contributed by atoms with Gasteiger partial charge >= 0.3 is 0 Å². The SMILES string of the molecule is C=C(/N=C(\CC)c1ccc(C(C)=O)cc1)NC. The third-order valence-electron chi connectivity index (χ3n) is 2.52. The topological polar surface area (TPSA) is 41.5 Å². The highest BCUT2D eigenvalue weighted by atomic mass is 16.1. The van der Waals surface area contributed by atoms with Gasteiger partial charge in [0.2, 0.25) is 0 Å². The lowest BCUT2D eigenvalue weighted by atomic mass is 10.0. The predicted octanol–water partition coefficient (Wildman–Crippen LogP) is 2.78. The van der Waals surface area contributed by atoms with Crippen molar-refractivity contribution in [3.05, 3.63) is 47.8 Å². The van der Waals surface area contributed by atoms with Crippen LogP contribution in [-0.2, 0) is 0 Å². The first kappa shape index (κ1) is 13.2. The van der Waals surface area contributed by atoms with Gasteiger partial charge in [0.05, 0.1) is 0 Å². The number of Topliss-reactive ketones (excluding diaryl/α,β-unsaturated/α-hetero) is 1. The Morgan fingerprint density at radius 3 is 2.24 bits per heavy atom. The van der Waals surface area contributed by atoms with Crippen molar-refractivity contribution >= 4 is 11.5 Å². The van der Waals surface area contributed by atoms with E-state index in [0.29, 0.717) is 5.82 Å². The maximum absolute atomic E-state index is 11.2. The average Bonchev–Trinajstić information content (AvgIpc) is 2.35. The number of nitrogens with zero attached hydrogens (tertiary/aromatic N) is 1. The molecule has 0 aliphatic carbocycles. The van der Waals surface area contributed by atoms with E-state index in [0.717, 1.165) is 23.3 Å². The van der Waals surface area contributed by atoms with Gasteiger partial charge in [-0.15, -0.1) is 0 Å². The van der Waals surface area contributed by atoms with Crippen molar-refractivity contribution in [1.29, 1.82) is 0 Å². The summed E-state index contributed by atoms with van der Waals surface area (Å²) >= 11 is 0. The zero-order chi connectivity index (χ0) is 12.8. The third kappa shape index (κ3) is 3.55. The number of hydrogen-bond acceptors (Lipinski definition) is 3. The summed E-state index contributed by atoms with van der Waals surface area (Å²) in [5.41, 5.74) is 2.70. The molecule has 0 amide bonds. The minimum atomic E-state index is 0.0752. The van der Waals surface area contributed by atoms with Gasteiger partial charge in [-0.25, -0.2) is 4.99 Å². The second kappa shape index (κ2) is 5.99. The molecular formula is C14H18N2O. The second-order valence-corrected chi connectivity index (χ2v) is 3.74. The Morgan fingerprint density at radius 2 is 1.82 bits per heavy atom. The van der Waals surface area contributed by atoms with Crippen molar-refractivity contribution in [2.45, 2.75) is 20.3 Å². The summed E-state index contributed by atoms with van der Waals surface area (Å²) in [6.45, 7) is 7.38. The van der Waals surface area contributed by atoms with Crippen LogP contribution in [0.2, 0.25) is 0 Å². The van der Waals surface area contributed by atoms with E-state index in [4.69, 9.17) is 0 Å². The summed E-state index contributed by atoms with van der Waals surface area (Å²) < 4.78 is 0. The van der Waals surface area contributed by atoms with Crippen molar-refractivity contribution in [3.8, 4) is 0 Å². The molecule has 0 bridgehead atoms. The highest BCUT2D eigenvalue weighted by molar-refractivity contribution is 6.02. The van der Waals surface area contributed by atoms with Crippen LogP contribution in [0.15, 0.2) is 41.7 Å². The van der Waals surface area contributed by atoms with Gasteiger partial charge in [-0.2, -0.15) is 0 Å². The predicted molar refractivity (Wildman–Crippen MR) is 71.5 cm³/mol. The molecule has 0 fully saturated rings. The third-order valence-corrected chi connectivity index (χ3v) is 2.52. The molecule has 0 spiro atoms. The number of ketones is 1. The molecule has 3 heteroatoms. The van der Waals surface area contributed by atoms with Crippen molar-refractivity contribution in [2.24, 2.45) is 4.99 Å². The molecule has 3 nitrogen and oxygen atoms in total. The van der Waals surface area contributed by atoms with Crippen LogP contribution in [0.5, 0.6) is 0 Å². The molecule has 0 atom stereocenters. The van der Waals surface area contributed by atoms with Crippen molar-refractivity contribution < 1.29 is 4.79 Å². The fraction of sp³-hybridized carbons (Fsp3) is 0.286. The molecule has 0 aliphatic rings. The Kier molecular flexibility index (Phi) is 4.64. The molecule has 0 radical (unpaired) electrons. The minimum Gasteiger partial charge on any atom is -0.374 e. The van der Waals surface area contributed by atoms with Gasteiger partial charge in [0, 0.05) is 18.3 Å². The Bertz CT molecular complexity index is 444. The van der Waals surface area contributed by atoms with Crippen LogP contribution in [0, 0.1) is 0 Å². The number of benzene rings is 1. The van der Waals surface area contributed by atoms with E-state index in [-0.39, 0.29) is 5.78 Å². The fourth-order valence-electron chi connectivity index (χ4n) is 1.46. The van der Waals surface area contributed by atoms with E-state index in [9.17, 15) is 4.79 Å². The molecule has 0 saturated heterocycles. The first-order valence-corrected chi connectivity index (χ1v) is 5.64. The Morgan fingerprint density at radius 1 is 1.29 bits per heavy atom. The van der Waals surface area contributed by atoms with Crippen molar-refractivity contribution in [3.63, 3.8) is 0 Å². The monoisotopic (exact) mass is 230 g/mol. The number of carbonyl (C=O) groups excluding carboxylic acids is 1. The number of hydrogen-bond donors (Lipinski definition) is 1. The summed E-state index contributed by atoms with van der Waals surface area (Å²) in [6, 6.07) is 7.49. The van der Waals surface area contributed by atoms with Crippen molar-refractivity contribution in [2.75, 3.05) is 7.05 Å². The van der Waals surface area contributed by atoms with Crippen LogP contribution < -0.4 is 5.32 Å². The van der Waals surface area contributed by atoms with Gasteiger partial charge in [0.25, 0.3) is 0 Å². The lowest BCUT2D eigenvalue weighted by molar-refractivity contribution is 0.101. The molecule has 17 heavy (non-hydrogen) atoms. The normalized spacial score (nSPS) is 11.1. The zero-order valence-electron chi connectivity index (χ0n) is 10.6. The Hall–Kier alpha value is -1.90. The van der Waals surface area contributed by atoms with Gasteiger partial charge in [-0.05, 0) is 18.9 Å². The lowest BCUT2D eigenvalue weighted by Gasteiger charge is -2.06. The average molecular weight is 230 g/mol. The minimum absolute atomic E-state index is 0.0752. The van der Waals surface area contributed by atoms with Gasteiger partial charge in [0.1, 0.15) is 5.82 Å². The quantitative estimate of drug-likeness (QED) is 0.624. The van der Waals surface area contributed by atoms with E-state index < -0.39 is 0 Å². The molecular weight excluding hydrogens is 212 g/mol. The van der Waals surface area contributed by atoms with Gasteiger partial charge < -0.3 is 5.32 Å². The van der Waals surface area contributed by atoms with E-state index >= 15 is 0 Å². The van der Waals surface area contributed by atoms with Gasteiger partial charge in [-0.3, -0.25) is 4.79 Å². The summed E-state index contributed by atoms with van der Waals surface area (Å²) in [5.74, 6) is 0.712. The standard InChI is InChI=1S/C14H18N2O/c1-5-14(16-11(3)15-4)13-8-6-12(7-9-13)10(2)17/h6-9,15H,3,5H2,1-2,4H3/b16-14+. The summed E-state index contributed by atoms with van der Waals surface area (Å²) in [7, 11) is 1.79. The van der Waals surface area contributed by atoms with Crippen LogP contribution in [0.25, 0.3) is 0 Å². The van der Waals surface area contributed by atoms with Crippen LogP contribution in [-0.4, -0.2) is 18.5 Å². The molecule has 1 N–H and O–H groups in total. The number of rotatable bonds is 5. The molecule has 0 aliphatic heterocycles. The largest absolute Gasteiger partial charge is 0.374 e. The first-order chi connectivity index (χ1) is 8.08. The Labute approximate surface area is 102 Å². The molecule has 0 heterocycles. The zero-order valence-corrected chi connectivity index (χ0v) is 10.6. The first-order valence-electron chi connectivity index (χ1n) is 5.64. The van der Waals surface area contributed by atoms with E-state index in [1.807, 2.05) is 31.2 Å². The van der Waals surface area contributed by atoms with Crippen LogP contribution in [0.4, 0.5) is 0 Å². The number of aliphatic imine (C=N–C) groups is 1. The highest BCUT2D eigenvalue weighted by Gasteiger charge is 2.03. The number of carbonyl (C=O) groups is 1. The van der Waals surface area contributed by atoms with E-state index in [1.165, 1.54) is 0 Å². The fourth-order valence-corrected chi connectivity index (χ4v) is 1.46.